The maximum atomic E-state index is 13.3. The van der Waals surface area contributed by atoms with Crippen molar-refractivity contribution in [3.05, 3.63) is 28.8 Å². The molecule has 2 rings (SSSR count). The summed E-state index contributed by atoms with van der Waals surface area (Å²) in [5.74, 6) is -2.55. The van der Waals surface area contributed by atoms with E-state index in [9.17, 15) is 31.1 Å². The van der Waals surface area contributed by atoms with Gasteiger partial charge in [0.1, 0.15) is 0 Å². The van der Waals surface area contributed by atoms with Crippen LogP contribution in [0.1, 0.15) is 36.5 Å². The Hall–Kier alpha value is -2.24. The molecule has 2 atom stereocenters. The first-order valence-electron chi connectivity index (χ1n) is 7.39. The number of nitriles is 1. The van der Waals surface area contributed by atoms with Crippen LogP contribution in [0.4, 0.5) is 32.0 Å². The third-order valence-electron chi connectivity index (χ3n) is 4.45. The number of hydrogen-bond donors (Lipinski definition) is 0. The average molecular weight is 364 g/mol. The highest BCUT2D eigenvalue weighted by Crippen LogP contribution is 2.43. The second kappa shape index (κ2) is 6.24. The lowest BCUT2D eigenvalue weighted by molar-refractivity contribution is -0.174. The second-order valence-corrected chi connectivity index (χ2v) is 5.94. The molecule has 1 heterocycles. The monoisotopic (exact) mass is 364 g/mol. The van der Waals surface area contributed by atoms with Crippen molar-refractivity contribution in [1.82, 2.24) is 0 Å². The first-order valence-corrected chi connectivity index (χ1v) is 7.39. The Morgan fingerprint density at radius 3 is 2.32 bits per heavy atom. The van der Waals surface area contributed by atoms with E-state index in [0.29, 0.717) is 0 Å². The highest BCUT2D eigenvalue weighted by atomic mass is 19.4. The van der Waals surface area contributed by atoms with Crippen molar-refractivity contribution >= 4 is 11.6 Å². The number of benzene rings is 1. The fourth-order valence-corrected chi connectivity index (χ4v) is 3.13. The van der Waals surface area contributed by atoms with Gasteiger partial charge in [-0.3, -0.25) is 4.79 Å². The molecular formula is C16H14F6N2O. The normalized spacial score (nSPS) is 19.9. The number of carbonyl (C=O) groups excluding carboxylic acids is 1. The largest absolute Gasteiger partial charge is 0.418 e. The van der Waals surface area contributed by atoms with E-state index in [-0.39, 0.29) is 18.5 Å². The molecule has 0 radical (unpaired) electrons. The summed E-state index contributed by atoms with van der Waals surface area (Å²) in [6, 6.07) is 2.13. The minimum Gasteiger partial charge on any atom is -0.308 e. The molecule has 1 saturated heterocycles. The van der Waals surface area contributed by atoms with Crippen molar-refractivity contribution in [2.75, 3.05) is 4.90 Å². The summed E-state index contributed by atoms with van der Waals surface area (Å²) >= 11 is 0. The van der Waals surface area contributed by atoms with Crippen LogP contribution >= 0.6 is 0 Å². The predicted octanol–water partition coefficient (Wildman–Crippen LogP) is 4.58. The molecule has 1 aromatic rings. The van der Waals surface area contributed by atoms with Gasteiger partial charge in [0, 0.05) is 18.2 Å². The molecule has 0 N–H and O–H groups in total. The summed E-state index contributed by atoms with van der Waals surface area (Å²) in [5, 5.41) is 8.88. The topological polar surface area (TPSA) is 44.1 Å². The van der Waals surface area contributed by atoms with Crippen molar-refractivity contribution in [1.29, 1.82) is 5.26 Å². The maximum absolute atomic E-state index is 13.3. The van der Waals surface area contributed by atoms with Crippen molar-refractivity contribution < 1.29 is 31.1 Å². The molecular weight excluding hydrogens is 350 g/mol. The molecule has 1 amide bonds. The number of halogens is 6. The summed E-state index contributed by atoms with van der Waals surface area (Å²) in [7, 11) is 0. The molecule has 9 heteroatoms. The van der Waals surface area contributed by atoms with Crippen LogP contribution in [0.3, 0.4) is 0 Å². The third-order valence-corrected chi connectivity index (χ3v) is 4.45. The van der Waals surface area contributed by atoms with Crippen LogP contribution in [0.2, 0.25) is 0 Å². The molecule has 25 heavy (non-hydrogen) atoms. The van der Waals surface area contributed by atoms with Gasteiger partial charge < -0.3 is 4.90 Å². The summed E-state index contributed by atoms with van der Waals surface area (Å²) in [6.45, 7) is 1.96. The quantitative estimate of drug-likeness (QED) is 0.721. The Morgan fingerprint density at radius 1 is 1.24 bits per heavy atom. The lowest BCUT2D eigenvalue weighted by atomic mass is 9.96. The molecule has 0 bridgehead atoms. The maximum Gasteiger partial charge on any atom is 0.418 e. The minimum atomic E-state index is -4.86. The first kappa shape index (κ1) is 19.1. The number of hydrogen-bond acceptors (Lipinski definition) is 2. The molecule has 3 nitrogen and oxygen atoms in total. The van der Waals surface area contributed by atoms with Gasteiger partial charge in [-0.25, -0.2) is 0 Å². The van der Waals surface area contributed by atoms with Gasteiger partial charge in [-0.2, -0.15) is 31.6 Å². The van der Waals surface area contributed by atoms with E-state index in [1.54, 1.807) is 0 Å². The number of anilines is 1. The third kappa shape index (κ3) is 3.43. The van der Waals surface area contributed by atoms with E-state index in [0.717, 1.165) is 30.9 Å². The van der Waals surface area contributed by atoms with Crippen molar-refractivity contribution in [2.24, 2.45) is 5.92 Å². The van der Waals surface area contributed by atoms with Gasteiger partial charge in [-0.15, -0.1) is 0 Å². The smallest absolute Gasteiger partial charge is 0.308 e. The lowest BCUT2D eigenvalue weighted by Crippen LogP contribution is -2.43. The molecule has 0 aromatic heterocycles. The molecule has 0 aliphatic carbocycles. The van der Waals surface area contributed by atoms with Crippen LogP contribution in [0.25, 0.3) is 0 Å². The van der Waals surface area contributed by atoms with Crippen LogP contribution in [0.5, 0.6) is 0 Å². The Kier molecular flexibility index (Phi) is 4.77. The Labute approximate surface area is 139 Å². The van der Waals surface area contributed by atoms with Gasteiger partial charge in [-0.1, -0.05) is 6.92 Å². The predicted molar refractivity (Wildman–Crippen MR) is 76.6 cm³/mol. The number of alkyl halides is 6. The fraction of sp³-hybridized carbons (Fsp3) is 0.500. The average Bonchev–Trinajstić information content (AvgIpc) is 2.85. The van der Waals surface area contributed by atoms with E-state index < -0.39 is 46.9 Å². The highest BCUT2D eigenvalue weighted by Gasteiger charge is 2.48. The summed E-state index contributed by atoms with van der Waals surface area (Å²) in [5.41, 5.74) is -2.54. The Balaban J connectivity index is 2.60. The zero-order valence-electron chi connectivity index (χ0n) is 13.3. The first-order chi connectivity index (χ1) is 11.4. The van der Waals surface area contributed by atoms with E-state index in [2.05, 4.69) is 0 Å². The summed E-state index contributed by atoms with van der Waals surface area (Å²) in [4.78, 5) is 12.9. The summed E-state index contributed by atoms with van der Waals surface area (Å²) < 4.78 is 78.9. The summed E-state index contributed by atoms with van der Waals surface area (Å²) in [6.07, 6.45) is -9.72. The van der Waals surface area contributed by atoms with E-state index >= 15 is 0 Å². The van der Waals surface area contributed by atoms with Gasteiger partial charge in [-0.05, 0) is 31.0 Å². The molecule has 136 valence electrons. The minimum absolute atomic E-state index is 0.0969. The van der Waals surface area contributed by atoms with Gasteiger partial charge in [0.25, 0.3) is 0 Å². The Bertz CT molecular complexity index is 732. The van der Waals surface area contributed by atoms with Crippen LogP contribution < -0.4 is 4.90 Å². The van der Waals surface area contributed by atoms with Gasteiger partial charge in [0.2, 0.25) is 5.91 Å². The molecule has 0 spiro atoms. The van der Waals surface area contributed by atoms with Crippen LogP contribution in [-0.4, -0.2) is 18.1 Å². The van der Waals surface area contributed by atoms with Gasteiger partial charge in [0.15, 0.2) is 0 Å². The second-order valence-electron chi connectivity index (χ2n) is 5.94. The van der Waals surface area contributed by atoms with Crippen LogP contribution in [-0.2, 0) is 11.0 Å². The fourth-order valence-electron chi connectivity index (χ4n) is 3.13. The Morgan fingerprint density at radius 2 is 1.84 bits per heavy atom. The van der Waals surface area contributed by atoms with E-state index in [1.165, 1.54) is 6.07 Å². The number of amides is 1. The molecule has 1 unspecified atom stereocenters. The van der Waals surface area contributed by atoms with Crippen molar-refractivity contribution in [3.8, 4) is 6.07 Å². The zero-order chi connectivity index (χ0) is 19.2. The van der Waals surface area contributed by atoms with E-state index in [1.807, 2.05) is 0 Å². The SMILES string of the molecule is Cc1c(N2C(=O)CC[C@@H]2C(C)C(F)(F)F)ccc(C#N)c1C(F)(F)F. The van der Waals surface area contributed by atoms with Crippen LogP contribution in [0.15, 0.2) is 12.1 Å². The van der Waals surface area contributed by atoms with E-state index in [4.69, 9.17) is 5.26 Å². The van der Waals surface area contributed by atoms with Crippen molar-refractivity contribution in [2.45, 2.75) is 45.1 Å². The number of rotatable bonds is 2. The molecule has 0 saturated carbocycles. The lowest BCUT2D eigenvalue weighted by Gasteiger charge is -2.32. The molecule has 1 aliphatic rings. The molecule has 1 fully saturated rings. The van der Waals surface area contributed by atoms with Gasteiger partial charge >= 0.3 is 12.4 Å². The standard InChI is InChI=1S/C16H14F6N2O/c1-8-11(4-3-10(7-23)14(8)16(20,21)22)24-12(5-6-13(24)25)9(2)15(17,18)19/h3-4,9,12H,5-6H2,1-2H3/t9?,12-/m1/s1. The molecule has 1 aromatic carbocycles. The van der Waals surface area contributed by atoms with Crippen LogP contribution in [0, 0.1) is 24.2 Å². The zero-order valence-corrected chi connectivity index (χ0v) is 13.3. The van der Waals surface area contributed by atoms with Crippen molar-refractivity contribution in [3.63, 3.8) is 0 Å². The number of carbonyl (C=O) groups is 1. The van der Waals surface area contributed by atoms with Gasteiger partial charge in [0.05, 0.1) is 23.1 Å². The number of nitrogens with zero attached hydrogens (tertiary/aromatic N) is 2. The molecule has 1 aliphatic heterocycles. The highest BCUT2D eigenvalue weighted by molar-refractivity contribution is 5.97.